The van der Waals surface area contributed by atoms with Gasteiger partial charge in [0.2, 0.25) is 5.91 Å². The first-order chi connectivity index (χ1) is 12.9. The van der Waals surface area contributed by atoms with Gasteiger partial charge in [-0.1, -0.05) is 12.8 Å². The summed E-state index contributed by atoms with van der Waals surface area (Å²) in [5.74, 6) is 0.362. The number of nitrogens with zero attached hydrogens (tertiary/aromatic N) is 2. The molecule has 1 saturated carbocycles. The van der Waals surface area contributed by atoms with Crippen LogP contribution in [0.2, 0.25) is 0 Å². The van der Waals surface area contributed by atoms with E-state index < -0.39 is 5.97 Å². The van der Waals surface area contributed by atoms with Gasteiger partial charge in [-0.3, -0.25) is 14.2 Å². The molecule has 146 valence electrons. The van der Waals surface area contributed by atoms with Crippen molar-refractivity contribution in [3.05, 3.63) is 26.6 Å². The predicted molar refractivity (Wildman–Crippen MR) is 104 cm³/mol. The number of rotatable bonds is 6. The Bertz CT molecular complexity index is 925. The van der Waals surface area contributed by atoms with Gasteiger partial charge in [-0.2, -0.15) is 0 Å². The summed E-state index contributed by atoms with van der Waals surface area (Å²) in [6.07, 6.45) is 4.74. The number of carbonyl (C=O) groups excluding carboxylic acids is 2. The van der Waals surface area contributed by atoms with Crippen LogP contribution in [-0.4, -0.2) is 34.6 Å². The van der Waals surface area contributed by atoms with Crippen LogP contribution in [0.3, 0.4) is 0 Å². The van der Waals surface area contributed by atoms with Crippen molar-refractivity contribution < 1.29 is 14.3 Å². The summed E-state index contributed by atoms with van der Waals surface area (Å²) in [5.41, 5.74) is 0.267. The average Bonchev–Trinajstić information content (AvgIpc) is 3.25. The Balaban J connectivity index is 1.85. The maximum absolute atomic E-state index is 13.0. The largest absolute Gasteiger partial charge is 0.462 e. The highest BCUT2D eigenvalue weighted by atomic mass is 32.1. The van der Waals surface area contributed by atoms with Gasteiger partial charge < -0.3 is 10.1 Å². The van der Waals surface area contributed by atoms with Crippen LogP contribution in [0.4, 0.5) is 0 Å². The molecular formula is C19H25N3O4S. The first-order valence-electron chi connectivity index (χ1n) is 9.36. The molecular weight excluding hydrogens is 366 g/mol. The molecule has 8 heteroatoms. The highest BCUT2D eigenvalue weighted by molar-refractivity contribution is 7.20. The second-order valence-corrected chi connectivity index (χ2v) is 7.96. The van der Waals surface area contributed by atoms with Crippen LogP contribution in [0.15, 0.2) is 4.79 Å². The first kappa shape index (κ1) is 19.5. The van der Waals surface area contributed by atoms with Crippen LogP contribution >= 0.6 is 11.3 Å². The Kier molecular flexibility index (Phi) is 5.94. The maximum atomic E-state index is 13.0. The quantitative estimate of drug-likeness (QED) is 0.765. The SMILES string of the molecule is CCOC(=O)c1sc2nc(C)n(CC(=O)NCC3CCCC3)c(=O)c2c1C. The van der Waals surface area contributed by atoms with E-state index in [0.717, 1.165) is 24.2 Å². The lowest BCUT2D eigenvalue weighted by molar-refractivity contribution is -0.121. The molecule has 2 aromatic rings. The molecule has 2 heterocycles. The van der Waals surface area contributed by atoms with Gasteiger partial charge in [0.05, 0.1) is 12.0 Å². The van der Waals surface area contributed by atoms with Crippen molar-refractivity contribution in [1.29, 1.82) is 0 Å². The second-order valence-electron chi connectivity index (χ2n) is 6.96. The molecule has 0 saturated heterocycles. The molecule has 1 fully saturated rings. The minimum absolute atomic E-state index is 0.0651. The average molecular weight is 391 g/mol. The molecule has 0 radical (unpaired) electrons. The van der Waals surface area contributed by atoms with Crippen LogP contribution in [0.1, 0.15) is 53.7 Å². The van der Waals surface area contributed by atoms with Crippen molar-refractivity contribution in [1.82, 2.24) is 14.9 Å². The second kappa shape index (κ2) is 8.21. The van der Waals surface area contributed by atoms with Crippen LogP contribution in [0.25, 0.3) is 10.2 Å². The van der Waals surface area contributed by atoms with Gasteiger partial charge in [-0.15, -0.1) is 11.3 Å². The molecule has 0 aliphatic heterocycles. The molecule has 0 unspecified atom stereocenters. The normalized spacial score (nSPS) is 14.6. The fraction of sp³-hybridized carbons (Fsp3) is 0.579. The molecule has 1 amide bonds. The minimum Gasteiger partial charge on any atom is -0.462 e. The smallest absolute Gasteiger partial charge is 0.348 e. The number of hydrogen-bond acceptors (Lipinski definition) is 6. The lowest BCUT2D eigenvalue weighted by Gasteiger charge is -2.13. The molecule has 0 aromatic carbocycles. The van der Waals surface area contributed by atoms with Crippen molar-refractivity contribution >= 4 is 33.4 Å². The van der Waals surface area contributed by atoms with E-state index in [0.29, 0.717) is 38.9 Å². The van der Waals surface area contributed by atoms with Gasteiger partial charge in [0, 0.05) is 6.54 Å². The van der Waals surface area contributed by atoms with Crippen molar-refractivity contribution in [2.24, 2.45) is 5.92 Å². The fourth-order valence-corrected chi connectivity index (χ4v) is 4.68. The number of amides is 1. The summed E-state index contributed by atoms with van der Waals surface area (Å²) in [4.78, 5) is 42.7. The van der Waals surface area contributed by atoms with Gasteiger partial charge in [-0.05, 0) is 45.1 Å². The summed E-state index contributed by atoms with van der Waals surface area (Å²) in [6, 6.07) is 0. The van der Waals surface area contributed by atoms with Crippen molar-refractivity contribution in [2.45, 2.75) is 53.0 Å². The first-order valence-corrected chi connectivity index (χ1v) is 10.2. The number of carbonyl (C=O) groups is 2. The van der Waals surface area contributed by atoms with Crippen molar-refractivity contribution in [3.8, 4) is 0 Å². The van der Waals surface area contributed by atoms with E-state index in [1.807, 2.05) is 0 Å². The Morgan fingerprint density at radius 3 is 2.67 bits per heavy atom. The molecule has 1 N–H and O–H groups in total. The maximum Gasteiger partial charge on any atom is 0.348 e. The van der Waals surface area contributed by atoms with Gasteiger partial charge in [-0.25, -0.2) is 9.78 Å². The highest BCUT2D eigenvalue weighted by Gasteiger charge is 2.22. The third-order valence-electron chi connectivity index (χ3n) is 5.07. The van der Waals surface area contributed by atoms with E-state index in [4.69, 9.17) is 4.74 Å². The molecule has 3 rings (SSSR count). The number of esters is 1. The third kappa shape index (κ3) is 4.05. The molecule has 7 nitrogen and oxygen atoms in total. The molecule has 1 aliphatic carbocycles. The number of fused-ring (bicyclic) bond motifs is 1. The zero-order valence-electron chi connectivity index (χ0n) is 16.0. The number of ether oxygens (including phenoxy) is 1. The van der Waals surface area contributed by atoms with E-state index in [9.17, 15) is 14.4 Å². The van der Waals surface area contributed by atoms with E-state index in [1.165, 1.54) is 17.4 Å². The fourth-order valence-electron chi connectivity index (χ4n) is 3.57. The van der Waals surface area contributed by atoms with Crippen LogP contribution in [-0.2, 0) is 16.1 Å². The summed E-state index contributed by atoms with van der Waals surface area (Å²) < 4.78 is 6.43. The summed E-state index contributed by atoms with van der Waals surface area (Å²) in [7, 11) is 0. The van der Waals surface area contributed by atoms with Gasteiger partial charge in [0.15, 0.2) is 0 Å². The molecule has 0 bridgehead atoms. The van der Waals surface area contributed by atoms with Crippen molar-refractivity contribution in [2.75, 3.05) is 13.2 Å². The van der Waals surface area contributed by atoms with E-state index >= 15 is 0 Å². The number of nitrogens with one attached hydrogen (secondary N) is 1. The highest BCUT2D eigenvalue weighted by Crippen LogP contribution is 2.28. The standard InChI is InChI=1S/C19H25N3O4S/c1-4-26-19(25)16-11(2)15-17(27-16)21-12(3)22(18(15)24)10-14(23)20-9-13-7-5-6-8-13/h13H,4-10H2,1-3H3,(H,20,23). The zero-order valence-corrected chi connectivity index (χ0v) is 16.8. The zero-order chi connectivity index (χ0) is 19.6. The summed E-state index contributed by atoms with van der Waals surface area (Å²) in [6.45, 7) is 6.01. The predicted octanol–water partition coefficient (Wildman–Crippen LogP) is 2.56. The number of aryl methyl sites for hydroxylation is 2. The van der Waals surface area contributed by atoms with Crippen LogP contribution < -0.4 is 10.9 Å². The van der Waals surface area contributed by atoms with Gasteiger partial charge in [0.25, 0.3) is 5.56 Å². The van der Waals surface area contributed by atoms with E-state index in [2.05, 4.69) is 10.3 Å². The van der Waals surface area contributed by atoms with E-state index in [-0.39, 0.29) is 24.6 Å². The van der Waals surface area contributed by atoms with Crippen LogP contribution in [0.5, 0.6) is 0 Å². The summed E-state index contributed by atoms with van der Waals surface area (Å²) in [5, 5.41) is 3.32. The Hall–Kier alpha value is -2.22. The molecule has 1 aliphatic rings. The summed E-state index contributed by atoms with van der Waals surface area (Å²) >= 11 is 1.16. The third-order valence-corrected chi connectivity index (χ3v) is 6.23. The monoisotopic (exact) mass is 391 g/mol. The molecule has 2 aromatic heterocycles. The minimum atomic E-state index is -0.448. The molecule has 0 atom stereocenters. The molecule has 27 heavy (non-hydrogen) atoms. The van der Waals surface area contributed by atoms with E-state index in [1.54, 1.807) is 20.8 Å². The van der Waals surface area contributed by atoms with Gasteiger partial charge in [0.1, 0.15) is 22.1 Å². The Labute approximate surface area is 161 Å². The van der Waals surface area contributed by atoms with Crippen molar-refractivity contribution in [3.63, 3.8) is 0 Å². The topological polar surface area (TPSA) is 90.3 Å². The number of hydrogen-bond donors (Lipinski definition) is 1. The van der Waals surface area contributed by atoms with Crippen LogP contribution in [0, 0.1) is 19.8 Å². The Morgan fingerprint density at radius 2 is 2.00 bits per heavy atom. The Morgan fingerprint density at radius 1 is 1.30 bits per heavy atom. The number of thiophene rings is 1. The number of aromatic nitrogens is 2. The lowest BCUT2D eigenvalue weighted by Crippen LogP contribution is -2.35. The lowest BCUT2D eigenvalue weighted by atomic mass is 10.1. The molecule has 0 spiro atoms. The van der Waals surface area contributed by atoms with Gasteiger partial charge >= 0.3 is 5.97 Å².